The number of fused-ring (bicyclic) bond motifs is 6. The fraction of sp³-hybridized carbons (Fsp3) is 0.571. The summed E-state index contributed by atoms with van der Waals surface area (Å²) in [5, 5.41) is 0.589. The molecule has 20 nitrogen and oxygen atoms in total. The van der Waals surface area contributed by atoms with Crippen LogP contribution in [0.2, 0.25) is 5.15 Å². The smallest absolute Gasteiger partial charge is 0.399 e. The van der Waals surface area contributed by atoms with E-state index in [9.17, 15) is 0 Å². The summed E-state index contributed by atoms with van der Waals surface area (Å²) in [6.45, 7) is 18.8. The van der Waals surface area contributed by atoms with E-state index < -0.39 is 7.12 Å². The largest absolute Gasteiger partial charge is 2.00 e. The van der Waals surface area contributed by atoms with Gasteiger partial charge >= 0.3 is 27.5 Å². The number of rotatable bonds is 4. The summed E-state index contributed by atoms with van der Waals surface area (Å²) >= 11 is 6.38. The quantitative estimate of drug-likeness (QED) is 0.170. The van der Waals surface area contributed by atoms with Crippen LogP contribution in [0.25, 0.3) is 11.3 Å². The molecule has 0 bridgehead atoms. The second-order valence-electron chi connectivity index (χ2n) is 17.0. The minimum absolute atomic E-state index is 0. The Morgan fingerprint density at radius 3 is 1.51 bits per heavy atom. The molecule has 2 unspecified atom stereocenters. The van der Waals surface area contributed by atoms with Crippen LogP contribution in [0.3, 0.4) is 0 Å². The van der Waals surface area contributed by atoms with Crippen LogP contribution in [-0.2, 0) is 61.5 Å². The number of ether oxygens (including phenoxy) is 4. The Bertz CT molecular complexity index is 2210. The van der Waals surface area contributed by atoms with Crippen LogP contribution in [0.15, 0.2) is 24.8 Å². The van der Waals surface area contributed by atoms with Crippen molar-refractivity contribution in [3.05, 3.63) is 55.9 Å². The number of hydrogen-bond donors (Lipinski definition) is 2. The number of halogens is 1. The van der Waals surface area contributed by atoms with Gasteiger partial charge in [-0.1, -0.05) is 11.6 Å². The Hall–Kier alpha value is -3.40. The fourth-order valence-electron chi connectivity index (χ4n) is 8.37. The van der Waals surface area contributed by atoms with Crippen LogP contribution >= 0.6 is 38.6 Å². The molecule has 7 aliphatic rings. The first-order valence-electron chi connectivity index (χ1n) is 21.3. The zero-order valence-corrected chi connectivity index (χ0v) is 43.3. The molecule has 0 aliphatic carbocycles. The third kappa shape index (κ3) is 12.1. The van der Waals surface area contributed by atoms with Crippen LogP contribution in [0, 0.1) is 14.9 Å². The zero-order chi connectivity index (χ0) is 43.0. The molecule has 370 valence electrons. The van der Waals surface area contributed by atoms with Crippen molar-refractivity contribution in [2.75, 3.05) is 123 Å². The second kappa shape index (κ2) is 23.9. The second-order valence-corrected chi connectivity index (χ2v) is 17.4. The summed E-state index contributed by atoms with van der Waals surface area (Å²) in [6, 6.07) is 0.687. The maximum Gasteiger partial charge on any atom is 2.00 e. The predicted molar refractivity (Wildman–Crippen MR) is 268 cm³/mol. The monoisotopic (exact) mass is 1080 g/mol. The average Bonchev–Trinajstić information content (AvgIpc) is 3.93. The molecule has 0 saturated carbocycles. The molecule has 2 atom stereocenters. The van der Waals surface area contributed by atoms with E-state index in [-0.39, 0.29) is 85.4 Å². The van der Waals surface area contributed by atoms with Gasteiger partial charge in [0.05, 0.1) is 81.8 Å². The normalized spacial score (nSPS) is 21.6. The molecular weight excluding hydrogens is 1010 g/mol. The number of nitrogens with two attached hydrogens (primary N) is 2. The summed E-state index contributed by atoms with van der Waals surface area (Å²) < 4.78 is 33.7. The van der Waals surface area contributed by atoms with Gasteiger partial charge in [0.2, 0.25) is 23.8 Å². The summed E-state index contributed by atoms with van der Waals surface area (Å²) in [5.41, 5.74) is 15.2. The van der Waals surface area contributed by atoms with Crippen molar-refractivity contribution in [3.8, 4) is 11.3 Å². The van der Waals surface area contributed by atoms with Crippen molar-refractivity contribution in [2.24, 2.45) is 0 Å². The van der Waals surface area contributed by atoms with E-state index in [4.69, 9.17) is 66.3 Å². The molecule has 4 aromatic rings. The minimum Gasteiger partial charge on any atom is -0.399 e. The van der Waals surface area contributed by atoms with Crippen molar-refractivity contribution in [2.45, 2.75) is 63.8 Å². The molecule has 0 radical (unpaired) electrons. The van der Waals surface area contributed by atoms with Crippen molar-refractivity contribution in [1.82, 2.24) is 39.9 Å². The van der Waals surface area contributed by atoms with Crippen molar-refractivity contribution in [1.29, 1.82) is 0 Å². The van der Waals surface area contributed by atoms with Crippen LogP contribution in [0.1, 0.15) is 38.8 Å². The maximum absolute atomic E-state index is 6.38. The van der Waals surface area contributed by atoms with Crippen LogP contribution < -0.4 is 36.5 Å². The Balaban J connectivity index is 0.000000218. The summed E-state index contributed by atoms with van der Waals surface area (Å²) in [5.74, 6) is 4.00. The first-order chi connectivity index (χ1) is 29.9. The number of anilines is 6. The SMILES string of the molecule is CC1(C)OB(c2cnc(N)nc2)OC1(C)C.Clc1nc(N2CCOCC2)nc2c1CC1COCCN21.Nc1ncc(-c2nc(N3CCOCC3)nc3c2CC2COCCN32)cn1.S.S.[CH3-].[CH3-].[Pd+2]. The third-order valence-corrected chi connectivity index (χ3v) is 12.8. The summed E-state index contributed by atoms with van der Waals surface area (Å²) in [4.78, 5) is 44.2. The van der Waals surface area contributed by atoms with E-state index in [2.05, 4.69) is 44.5 Å². The minimum atomic E-state index is -0.425. The molecule has 5 fully saturated rings. The Labute approximate surface area is 427 Å². The number of aromatic nitrogens is 8. The van der Waals surface area contributed by atoms with Gasteiger partial charge in [-0.15, -0.1) is 0 Å². The fourth-order valence-corrected chi connectivity index (χ4v) is 8.61. The molecular formula is C42H64BClN14O6PdS2. The van der Waals surface area contributed by atoms with E-state index in [1.54, 1.807) is 24.8 Å². The number of nitrogen functional groups attached to an aromatic ring is 2. The Kier molecular flexibility index (Phi) is 20.1. The average molecular weight is 1080 g/mol. The molecule has 0 amide bonds. The first kappa shape index (κ1) is 56.2. The number of morpholine rings is 4. The molecule has 5 saturated heterocycles. The molecule has 25 heteroatoms. The first-order valence-corrected chi connectivity index (χ1v) is 21.6. The van der Waals surface area contributed by atoms with Crippen molar-refractivity contribution < 1.29 is 48.7 Å². The van der Waals surface area contributed by atoms with Crippen molar-refractivity contribution >= 4 is 86.6 Å². The number of hydrogen-bond acceptors (Lipinski definition) is 20. The topological polar surface area (TPSA) is 224 Å². The van der Waals surface area contributed by atoms with Crippen molar-refractivity contribution in [3.63, 3.8) is 0 Å². The Morgan fingerprint density at radius 2 is 1.01 bits per heavy atom. The molecule has 7 aliphatic heterocycles. The molecule has 0 aromatic carbocycles. The maximum atomic E-state index is 6.38. The molecule has 4 N–H and O–H groups in total. The molecule has 0 spiro atoms. The third-order valence-electron chi connectivity index (χ3n) is 12.5. The van der Waals surface area contributed by atoms with Crippen LogP contribution in [0.4, 0.5) is 35.4 Å². The van der Waals surface area contributed by atoms with E-state index in [0.29, 0.717) is 30.5 Å². The number of nitrogens with zero attached hydrogens (tertiary/aromatic N) is 12. The van der Waals surface area contributed by atoms with Gasteiger partial charge in [-0.2, -0.15) is 37.0 Å². The molecule has 67 heavy (non-hydrogen) atoms. The van der Waals surface area contributed by atoms with Gasteiger partial charge in [0.15, 0.2) is 0 Å². The molecule has 4 aromatic heterocycles. The summed E-state index contributed by atoms with van der Waals surface area (Å²) in [7, 11) is -0.425. The van der Waals surface area contributed by atoms with E-state index in [1.165, 1.54) is 0 Å². The van der Waals surface area contributed by atoms with E-state index in [0.717, 1.165) is 143 Å². The van der Waals surface area contributed by atoms with E-state index >= 15 is 0 Å². The standard InChI is InChI=1S/C17H21N7O2.C13H17ClN4O2.C10H16BN3O2.2CH3.Pd.2H2S/c18-16-19-8-11(9-20-16)14-13-7-12-10-26-6-3-24(12)15(13)22-17(21-14)23-1-4-25-5-2-23;14-11-10-7-9-8-20-6-3-18(9)12(10)16-13(15-11)17-1-4-19-5-2-17;1-9(2)10(3,4)16-11(15-9)7-5-13-8(12)14-6-7;;;;;/h8-9,12H,1-7,10H2,(H2,18,19,20);9H,1-8H2;5-6H,1-4H3,(H2,12,13,14);2*1H3;;2*1H2/q;;;2*-1;+2;;. The van der Waals surface area contributed by atoms with Gasteiger partial charge in [-0.05, 0) is 27.7 Å². The van der Waals surface area contributed by atoms with Gasteiger partial charge in [-0.3, -0.25) is 0 Å². The van der Waals surface area contributed by atoms with Gasteiger partial charge in [0.25, 0.3) is 0 Å². The molecule has 11 rings (SSSR count). The van der Waals surface area contributed by atoms with Crippen LogP contribution in [-0.4, -0.2) is 162 Å². The summed E-state index contributed by atoms with van der Waals surface area (Å²) in [6.07, 6.45) is 8.49. The van der Waals surface area contributed by atoms with Gasteiger partial charge in [0, 0.05) is 99.1 Å². The molecule has 11 heterocycles. The van der Waals surface area contributed by atoms with Gasteiger partial charge < -0.3 is 74.2 Å². The van der Waals surface area contributed by atoms with Gasteiger partial charge in [0.1, 0.15) is 16.8 Å². The van der Waals surface area contributed by atoms with Gasteiger partial charge in [-0.25, -0.2) is 29.9 Å². The predicted octanol–water partition coefficient (Wildman–Crippen LogP) is 2.32. The zero-order valence-electron chi connectivity index (χ0n) is 39.0. The Morgan fingerprint density at radius 1 is 0.597 bits per heavy atom. The van der Waals surface area contributed by atoms with E-state index in [1.807, 2.05) is 27.7 Å². The van der Waals surface area contributed by atoms with Crippen LogP contribution in [0.5, 0.6) is 0 Å².